The predicted octanol–water partition coefficient (Wildman–Crippen LogP) is 5.05. The first kappa shape index (κ1) is 19.2. The Hall–Kier alpha value is -2.61. The fraction of sp³-hybridized carbons (Fsp3) is 0.263. The zero-order valence-electron chi connectivity index (χ0n) is 14.9. The first-order valence-corrected chi connectivity index (χ1v) is 8.96. The van der Waals surface area contributed by atoms with Crippen LogP contribution < -0.4 is 10.1 Å². The van der Waals surface area contributed by atoms with Crippen molar-refractivity contribution in [3.05, 3.63) is 57.6 Å². The molecule has 0 aliphatic heterocycles. The van der Waals surface area contributed by atoms with E-state index in [0.29, 0.717) is 10.4 Å². The van der Waals surface area contributed by atoms with Gasteiger partial charge in [0.05, 0.1) is 4.88 Å². The lowest BCUT2D eigenvalue weighted by atomic mass is 10.1. The highest BCUT2D eigenvalue weighted by molar-refractivity contribution is 7.20. The SMILES string of the molecule is Cc1cc(C)c2c(C)c(C(=O)NCc3ccc(OC(F)(F)F)cc3)sc2n1. The van der Waals surface area contributed by atoms with E-state index in [0.717, 1.165) is 27.0 Å². The molecule has 8 heteroatoms. The van der Waals surface area contributed by atoms with Gasteiger partial charge in [0, 0.05) is 17.6 Å². The van der Waals surface area contributed by atoms with Gasteiger partial charge >= 0.3 is 6.36 Å². The Balaban J connectivity index is 1.72. The summed E-state index contributed by atoms with van der Waals surface area (Å²) < 4.78 is 40.4. The number of halogens is 3. The van der Waals surface area contributed by atoms with E-state index in [1.807, 2.05) is 26.8 Å². The molecule has 27 heavy (non-hydrogen) atoms. The number of hydrogen-bond acceptors (Lipinski definition) is 4. The highest BCUT2D eigenvalue weighted by Gasteiger charge is 2.30. The Morgan fingerprint density at radius 1 is 1.19 bits per heavy atom. The first-order valence-electron chi connectivity index (χ1n) is 8.14. The number of carbonyl (C=O) groups excluding carboxylic acids is 1. The number of ether oxygens (including phenoxy) is 1. The number of fused-ring (bicyclic) bond motifs is 1. The minimum absolute atomic E-state index is 0.199. The summed E-state index contributed by atoms with van der Waals surface area (Å²) in [6, 6.07) is 7.38. The van der Waals surface area contributed by atoms with Crippen LogP contribution in [0.25, 0.3) is 10.2 Å². The van der Waals surface area contributed by atoms with Crippen molar-refractivity contribution in [2.75, 3.05) is 0 Å². The summed E-state index contributed by atoms with van der Waals surface area (Å²) in [5.41, 5.74) is 3.52. The van der Waals surface area contributed by atoms with E-state index in [9.17, 15) is 18.0 Å². The topological polar surface area (TPSA) is 51.2 Å². The number of aryl methyl sites for hydroxylation is 3. The third kappa shape index (κ3) is 4.39. The summed E-state index contributed by atoms with van der Waals surface area (Å²) in [5, 5.41) is 3.79. The summed E-state index contributed by atoms with van der Waals surface area (Å²) >= 11 is 1.34. The molecule has 1 N–H and O–H groups in total. The average molecular weight is 394 g/mol. The number of amides is 1. The number of rotatable bonds is 4. The lowest BCUT2D eigenvalue weighted by molar-refractivity contribution is -0.274. The van der Waals surface area contributed by atoms with E-state index >= 15 is 0 Å². The van der Waals surface area contributed by atoms with E-state index in [4.69, 9.17) is 0 Å². The Bertz CT molecular complexity index is 995. The van der Waals surface area contributed by atoms with Crippen LogP contribution in [0.15, 0.2) is 30.3 Å². The molecule has 0 unspecified atom stereocenters. The van der Waals surface area contributed by atoms with Gasteiger partial charge in [-0.1, -0.05) is 12.1 Å². The van der Waals surface area contributed by atoms with E-state index in [1.165, 1.54) is 35.6 Å². The molecular formula is C19H17F3N2O2S. The van der Waals surface area contributed by atoms with Crippen LogP contribution in [0.1, 0.15) is 32.1 Å². The molecule has 2 aromatic heterocycles. The summed E-state index contributed by atoms with van der Waals surface area (Å²) in [6.07, 6.45) is -4.72. The Morgan fingerprint density at radius 3 is 2.48 bits per heavy atom. The molecule has 1 aromatic carbocycles. The molecule has 0 saturated carbocycles. The summed E-state index contributed by atoms with van der Waals surface area (Å²) in [7, 11) is 0. The quantitative estimate of drug-likeness (QED) is 0.674. The monoisotopic (exact) mass is 394 g/mol. The molecule has 142 valence electrons. The van der Waals surface area contributed by atoms with Crippen molar-refractivity contribution in [1.29, 1.82) is 0 Å². The maximum atomic E-state index is 12.6. The minimum Gasteiger partial charge on any atom is -0.406 e. The summed E-state index contributed by atoms with van der Waals surface area (Å²) in [5.74, 6) is -0.530. The number of pyridine rings is 1. The second kappa shape index (κ2) is 7.19. The van der Waals surface area contributed by atoms with Gasteiger partial charge in [0.1, 0.15) is 10.6 Å². The molecule has 2 heterocycles. The van der Waals surface area contributed by atoms with Gasteiger partial charge in [0.2, 0.25) is 0 Å². The van der Waals surface area contributed by atoms with Crippen LogP contribution in [0.5, 0.6) is 5.75 Å². The van der Waals surface area contributed by atoms with E-state index < -0.39 is 6.36 Å². The van der Waals surface area contributed by atoms with Crippen LogP contribution in [0.4, 0.5) is 13.2 Å². The van der Waals surface area contributed by atoms with Gasteiger partial charge in [-0.05, 0) is 55.7 Å². The van der Waals surface area contributed by atoms with Crippen LogP contribution in [-0.2, 0) is 6.54 Å². The fourth-order valence-corrected chi connectivity index (χ4v) is 4.13. The molecule has 0 atom stereocenters. The number of benzene rings is 1. The molecule has 0 spiro atoms. The smallest absolute Gasteiger partial charge is 0.406 e. The van der Waals surface area contributed by atoms with Crippen LogP contribution >= 0.6 is 11.3 Å². The number of alkyl halides is 3. The molecule has 3 rings (SSSR count). The van der Waals surface area contributed by atoms with Crippen LogP contribution in [-0.4, -0.2) is 17.3 Å². The number of hydrogen-bond donors (Lipinski definition) is 1. The van der Waals surface area contributed by atoms with Gasteiger partial charge in [0.15, 0.2) is 0 Å². The number of aromatic nitrogens is 1. The lowest BCUT2D eigenvalue weighted by Crippen LogP contribution is -2.22. The standard InChI is InChI=1S/C19H17F3N2O2S/c1-10-8-11(2)24-18-15(10)12(3)16(27-18)17(25)23-9-13-4-6-14(7-5-13)26-19(20,21)22/h4-8H,9H2,1-3H3,(H,23,25). The molecule has 0 aliphatic rings. The Morgan fingerprint density at radius 2 is 1.85 bits per heavy atom. The third-order valence-corrected chi connectivity index (χ3v) is 5.23. The van der Waals surface area contributed by atoms with Crippen molar-refractivity contribution in [2.24, 2.45) is 0 Å². The summed E-state index contributed by atoms with van der Waals surface area (Å²) in [4.78, 5) is 18.5. The second-order valence-corrected chi connectivity index (χ2v) is 7.19. The van der Waals surface area contributed by atoms with Crippen LogP contribution in [0.2, 0.25) is 0 Å². The molecule has 1 amide bonds. The zero-order chi connectivity index (χ0) is 19.8. The molecule has 0 saturated heterocycles. The van der Waals surface area contributed by atoms with Crippen molar-refractivity contribution in [3.63, 3.8) is 0 Å². The molecule has 3 aromatic rings. The van der Waals surface area contributed by atoms with E-state index in [2.05, 4.69) is 15.0 Å². The van der Waals surface area contributed by atoms with Crippen LogP contribution in [0.3, 0.4) is 0 Å². The van der Waals surface area contributed by atoms with Gasteiger partial charge in [-0.15, -0.1) is 24.5 Å². The largest absolute Gasteiger partial charge is 0.573 e. The second-order valence-electron chi connectivity index (χ2n) is 6.19. The number of carbonyl (C=O) groups is 1. The predicted molar refractivity (Wildman–Crippen MR) is 98.1 cm³/mol. The van der Waals surface area contributed by atoms with Crippen molar-refractivity contribution in [3.8, 4) is 5.75 Å². The maximum Gasteiger partial charge on any atom is 0.573 e. The first-order chi connectivity index (χ1) is 12.6. The number of nitrogens with zero attached hydrogens (tertiary/aromatic N) is 1. The van der Waals surface area contributed by atoms with Gasteiger partial charge < -0.3 is 10.1 Å². The van der Waals surface area contributed by atoms with E-state index in [1.54, 1.807) is 0 Å². The van der Waals surface area contributed by atoms with Gasteiger partial charge in [0.25, 0.3) is 5.91 Å². The maximum absolute atomic E-state index is 12.6. The number of thiophene rings is 1. The fourth-order valence-electron chi connectivity index (χ4n) is 2.91. The van der Waals surface area contributed by atoms with Gasteiger partial charge in [-0.25, -0.2) is 4.98 Å². The molecule has 0 radical (unpaired) electrons. The minimum atomic E-state index is -4.72. The average Bonchev–Trinajstić information content (AvgIpc) is 2.89. The van der Waals surface area contributed by atoms with E-state index in [-0.39, 0.29) is 18.2 Å². The zero-order valence-corrected chi connectivity index (χ0v) is 15.7. The van der Waals surface area contributed by atoms with Gasteiger partial charge in [-0.3, -0.25) is 4.79 Å². The molecule has 0 bridgehead atoms. The van der Waals surface area contributed by atoms with Crippen molar-refractivity contribution in [2.45, 2.75) is 33.7 Å². The molecular weight excluding hydrogens is 377 g/mol. The Kier molecular flexibility index (Phi) is 5.10. The van der Waals surface area contributed by atoms with Crippen molar-refractivity contribution >= 4 is 27.5 Å². The third-order valence-electron chi connectivity index (χ3n) is 4.04. The Labute approximate surface area is 158 Å². The lowest BCUT2D eigenvalue weighted by Gasteiger charge is -2.09. The highest BCUT2D eigenvalue weighted by atomic mass is 32.1. The normalized spacial score (nSPS) is 11.6. The van der Waals surface area contributed by atoms with Crippen molar-refractivity contribution in [1.82, 2.24) is 10.3 Å². The number of nitrogens with one attached hydrogen (secondary N) is 1. The molecule has 0 fully saturated rings. The van der Waals surface area contributed by atoms with Crippen LogP contribution in [0, 0.1) is 20.8 Å². The van der Waals surface area contributed by atoms with Crippen molar-refractivity contribution < 1.29 is 22.7 Å². The molecule has 4 nitrogen and oxygen atoms in total. The van der Waals surface area contributed by atoms with Gasteiger partial charge in [-0.2, -0.15) is 0 Å². The molecule has 0 aliphatic carbocycles. The summed E-state index contributed by atoms with van der Waals surface area (Å²) in [6.45, 7) is 5.99. The highest BCUT2D eigenvalue weighted by Crippen LogP contribution is 2.32.